The molecule has 1 unspecified atom stereocenters. The predicted octanol–water partition coefficient (Wildman–Crippen LogP) is 3.17. The van der Waals surface area contributed by atoms with Gasteiger partial charge in [-0.15, -0.1) is 0 Å². The van der Waals surface area contributed by atoms with Gasteiger partial charge in [0.1, 0.15) is 5.75 Å². The summed E-state index contributed by atoms with van der Waals surface area (Å²) in [5.74, 6) is 0.532. The molecule has 1 heterocycles. The highest BCUT2D eigenvalue weighted by molar-refractivity contribution is 6.03. The van der Waals surface area contributed by atoms with Crippen molar-refractivity contribution < 1.29 is 14.3 Å². The average Bonchev–Trinajstić information content (AvgIpc) is 2.75. The van der Waals surface area contributed by atoms with Crippen molar-refractivity contribution in [3.8, 4) is 5.75 Å². The van der Waals surface area contributed by atoms with Gasteiger partial charge in [0.05, 0.1) is 13.2 Å². The van der Waals surface area contributed by atoms with Crippen molar-refractivity contribution in [1.82, 2.24) is 10.2 Å². The molecule has 2 N–H and O–H groups in total. The summed E-state index contributed by atoms with van der Waals surface area (Å²) in [6.07, 6.45) is 0. The molecule has 1 fully saturated rings. The third-order valence-electron chi connectivity index (χ3n) is 5.53. The lowest BCUT2D eigenvalue weighted by Crippen LogP contribution is -2.55. The van der Waals surface area contributed by atoms with E-state index < -0.39 is 6.03 Å². The van der Waals surface area contributed by atoms with Crippen molar-refractivity contribution in [3.05, 3.63) is 53.6 Å². The Morgan fingerprint density at radius 3 is 2.43 bits per heavy atom. The second-order valence-electron chi connectivity index (χ2n) is 7.66. The molecule has 0 spiro atoms. The van der Waals surface area contributed by atoms with Gasteiger partial charge in [-0.3, -0.25) is 15.0 Å². The molecule has 160 valence electrons. The minimum absolute atomic E-state index is 0.299. The summed E-state index contributed by atoms with van der Waals surface area (Å²) in [6.45, 7) is 8.85. The largest absolute Gasteiger partial charge is 0.497 e. The van der Waals surface area contributed by atoms with E-state index in [0.717, 1.165) is 48.7 Å². The number of piperazine rings is 1. The monoisotopic (exact) mass is 410 g/mol. The first-order chi connectivity index (χ1) is 14.4. The number of urea groups is 1. The van der Waals surface area contributed by atoms with Gasteiger partial charge < -0.3 is 15.0 Å². The van der Waals surface area contributed by atoms with Crippen LogP contribution in [0, 0.1) is 13.8 Å². The molecule has 30 heavy (non-hydrogen) atoms. The molecule has 1 atom stereocenters. The van der Waals surface area contributed by atoms with Gasteiger partial charge in [-0.25, -0.2) is 4.79 Å². The van der Waals surface area contributed by atoms with Crippen molar-refractivity contribution in [2.75, 3.05) is 43.5 Å². The first-order valence-electron chi connectivity index (χ1n) is 10.2. The number of anilines is 2. The number of benzene rings is 2. The van der Waals surface area contributed by atoms with Crippen molar-refractivity contribution in [3.63, 3.8) is 0 Å². The Bertz CT molecular complexity index is 907. The highest BCUT2D eigenvalue weighted by atomic mass is 16.5. The van der Waals surface area contributed by atoms with Gasteiger partial charge in [-0.1, -0.05) is 23.8 Å². The van der Waals surface area contributed by atoms with Gasteiger partial charge in [-0.2, -0.15) is 0 Å². The van der Waals surface area contributed by atoms with Crippen LogP contribution in [0.25, 0.3) is 0 Å². The highest BCUT2D eigenvalue weighted by Gasteiger charge is 2.27. The third-order valence-corrected chi connectivity index (χ3v) is 5.53. The average molecular weight is 411 g/mol. The normalized spacial score (nSPS) is 15.4. The molecule has 2 aromatic rings. The number of imide groups is 1. The number of nitrogens with zero attached hydrogens (tertiary/aromatic N) is 2. The lowest BCUT2D eigenvalue weighted by Gasteiger charge is -2.38. The van der Waals surface area contributed by atoms with E-state index in [4.69, 9.17) is 4.74 Å². The Morgan fingerprint density at radius 1 is 1.03 bits per heavy atom. The van der Waals surface area contributed by atoms with Crippen LogP contribution in [-0.2, 0) is 4.79 Å². The summed E-state index contributed by atoms with van der Waals surface area (Å²) in [4.78, 5) is 29.2. The van der Waals surface area contributed by atoms with E-state index in [9.17, 15) is 9.59 Å². The fraction of sp³-hybridized carbons (Fsp3) is 0.391. The summed E-state index contributed by atoms with van der Waals surface area (Å²) >= 11 is 0. The third kappa shape index (κ3) is 5.30. The van der Waals surface area contributed by atoms with E-state index in [2.05, 4.69) is 26.5 Å². The van der Waals surface area contributed by atoms with Crippen molar-refractivity contribution in [1.29, 1.82) is 0 Å². The molecule has 2 aromatic carbocycles. The van der Waals surface area contributed by atoms with Gasteiger partial charge in [0.15, 0.2) is 0 Å². The van der Waals surface area contributed by atoms with Gasteiger partial charge in [0.25, 0.3) is 0 Å². The number of nitrogens with one attached hydrogen (secondary N) is 2. The number of hydrogen-bond donors (Lipinski definition) is 2. The number of methoxy groups -OCH3 is 1. The van der Waals surface area contributed by atoms with E-state index >= 15 is 0 Å². The van der Waals surface area contributed by atoms with Crippen LogP contribution in [0.5, 0.6) is 5.75 Å². The standard InChI is InChI=1S/C23H30N4O3/c1-16-8-9-21(17(2)14-16)24-23(29)25-22(28)18(3)26-10-12-27(13-11-26)19-6-5-7-20(15-19)30-4/h5-9,14-15,18H,10-13H2,1-4H3,(H2,24,25,28,29). The summed E-state index contributed by atoms with van der Waals surface area (Å²) in [7, 11) is 1.66. The molecule has 7 heteroatoms. The Balaban J connectivity index is 1.51. The molecule has 0 aliphatic carbocycles. The van der Waals surface area contributed by atoms with Gasteiger partial charge in [-0.05, 0) is 44.5 Å². The molecule has 3 amide bonds. The Hall–Kier alpha value is -3.06. The second-order valence-corrected chi connectivity index (χ2v) is 7.66. The zero-order chi connectivity index (χ0) is 21.7. The van der Waals surface area contributed by atoms with Crippen LogP contribution in [0.15, 0.2) is 42.5 Å². The topological polar surface area (TPSA) is 73.9 Å². The predicted molar refractivity (Wildman–Crippen MR) is 119 cm³/mol. The maximum absolute atomic E-state index is 12.6. The van der Waals surface area contributed by atoms with Gasteiger partial charge in [0.2, 0.25) is 5.91 Å². The SMILES string of the molecule is COc1cccc(N2CCN(C(C)C(=O)NC(=O)Nc3ccc(C)cc3C)CC2)c1. The van der Waals surface area contributed by atoms with Gasteiger partial charge >= 0.3 is 6.03 Å². The molecule has 0 aromatic heterocycles. The summed E-state index contributed by atoms with van der Waals surface area (Å²) < 4.78 is 5.30. The molecule has 0 bridgehead atoms. The molecule has 1 saturated heterocycles. The summed E-state index contributed by atoms with van der Waals surface area (Å²) in [5.41, 5.74) is 3.89. The van der Waals surface area contributed by atoms with E-state index in [1.165, 1.54) is 0 Å². The number of ether oxygens (including phenoxy) is 1. The maximum Gasteiger partial charge on any atom is 0.325 e. The van der Waals surface area contributed by atoms with Gasteiger partial charge in [0, 0.05) is 43.6 Å². The second kappa shape index (κ2) is 9.63. The van der Waals surface area contributed by atoms with Crippen molar-refractivity contribution in [2.45, 2.75) is 26.8 Å². The number of carbonyl (C=O) groups excluding carboxylic acids is 2. The molecule has 0 radical (unpaired) electrons. The number of carbonyl (C=O) groups is 2. The fourth-order valence-electron chi connectivity index (χ4n) is 3.66. The molecule has 1 aliphatic rings. The number of rotatable bonds is 5. The quantitative estimate of drug-likeness (QED) is 0.792. The number of aryl methyl sites for hydroxylation is 2. The molecule has 7 nitrogen and oxygen atoms in total. The van der Waals surface area contributed by atoms with Crippen LogP contribution < -0.4 is 20.3 Å². The first-order valence-corrected chi connectivity index (χ1v) is 10.2. The summed E-state index contributed by atoms with van der Waals surface area (Å²) in [5, 5.41) is 5.22. The Morgan fingerprint density at radius 2 is 1.77 bits per heavy atom. The molecule has 3 rings (SSSR count). The highest BCUT2D eigenvalue weighted by Crippen LogP contribution is 2.22. The number of hydrogen-bond acceptors (Lipinski definition) is 5. The van der Waals surface area contributed by atoms with Crippen LogP contribution in [0.4, 0.5) is 16.2 Å². The molecule has 1 aliphatic heterocycles. The summed E-state index contributed by atoms with van der Waals surface area (Å²) in [6, 6.07) is 12.8. The van der Waals surface area contributed by atoms with Crippen LogP contribution in [0.3, 0.4) is 0 Å². The van der Waals surface area contributed by atoms with Crippen LogP contribution in [-0.4, -0.2) is 56.2 Å². The van der Waals surface area contributed by atoms with Crippen LogP contribution in [0.1, 0.15) is 18.1 Å². The smallest absolute Gasteiger partial charge is 0.325 e. The minimum Gasteiger partial charge on any atom is -0.497 e. The molecular weight excluding hydrogens is 380 g/mol. The zero-order valence-electron chi connectivity index (χ0n) is 18.1. The van der Waals surface area contributed by atoms with Crippen LogP contribution in [0.2, 0.25) is 0 Å². The number of amides is 3. The van der Waals surface area contributed by atoms with E-state index in [-0.39, 0.29) is 11.9 Å². The Labute approximate surface area is 178 Å². The van der Waals surface area contributed by atoms with E-state index in [1.807, 2.05) is 57.2 Å². The molecule has 0 saturated carbocycles. The zero-order valence-corrected chi connectivity index (χ0v) is 18.1. The fourth-order valence-corrected chi connectivity index (χ4v) is 3.66. The lowest BCUT2D eigenvalue weighted by molar-refractivity contribution is -0.124. The first kappa shape index (κ1) is 21.6. The Kier molecular flexibility index (Phi) is 6.95. The maximum atomic E-state index is 12.6. The van der Waals surface area contributed by atoms with E-state index in [0.29, 0.717) is 5.69 Å². The van der Waals surface area contributed by atoms with E-state index in [1.54, 1.807) is 7.11 Å². The van der Waals surface area contributed by atoms with Crippen molar-refractivity contribution >= 4 is 23.3 Å². The lowest BCUT2D eigenvalue weighted by atomic mass is 10.1. The molecular formula is C23H30N4O3. The van der Waals surface area contributed by atoms with Crippen molar-refractivity contribution in [2.24, 2.45) is 0 Å². The minimum atomic E-state index is -0.506. The van der Waals surface area contributed by atoms with Crippen LogP contribution >= 0.6 is 0 Å².